The summed E-state index contributed by atoms with van der Waals surface area (Å²) in [6.07, 6.45) is 2.33. The topological polar surface area (TPSA) is 12.0 Å². The van der Waals surface area contributed by atoms with Crippen LogP contribution in [-0.2, 0) is 6.54 Å². The Balaban J connectivity index is 2.60. The lowest BCUT2D eigenvalue weighted by Crippen LogP contribution is -2.38. The standard InChI is InChI=1S/C13H19Cl2N/c1-4-5-13(2,3)16-9-10-6-11(14)8-12(15)7-10/h6-8,16H,4-5,9H2,1-3H3. The Bertz CT molecular complexity index is 328. The van der Waals surface area contributed by atoms with Gasteiger partial charge in [0.05, 0.1) is 0 Å². The van der Waals surface area contributed by atoms with Gasteiger partial charge in [-0.3, -0.25) is 0 Å². The zero-order chi connectivity index (χ0) is 12.2. The number of hydrogen-bond acceptors (Lipinski definition) is 1. The molecular formula is C13H19Cl2N. The van der Waals surface area contributed by atoms with Crippen molar-refractivity contribution in [2.45, 2.75) is 45.7 Å². The minimum absolute atomic E-state index is 0.156. The van der Waals surface area contributed by atoms with E-state index in [-0.39, 0.29) is 5.54 Å². The van der Waals surface area contributed by atoms with Gasteiger partial charge in [0.1, 0.15) is 0 Å². The molecule has 1 rings (SSSR count). The Labute approximate surface area is 108 Å². The van der Waals surface area contributed by atoms with Gasteiger partial charge in [-0.2, -0.15) is 0 Å². The third kappa shape index (κ3) is 4.73. The number of rotatable bonds is 5. The van der Waals surface area contributed by atoms with Crippen molar-refractivity contribution in [3.05, 3.63) is 33.8 Å². The van der Waals surface area contributed by atoms with Crippen LogP contribution in [0, 0.1) is 0 Å². The summed E-state index contributed by atoms with van der Waals surface area (Å²) in [7, 11) is 0. The van der Waals surface area contributed by atoms with Gasteiger partial charge in [-0.15, -0.1) is 0 Å². The van der Waals surface area contributed by atoms with Gasteiger partial charge < -0.3 is 5.32 Å². The first-order valence-corrected chi connectivity index (χ1v) is 6.38. The van der Waals surface area contributed by atoms with Gasteiger partial charge >= 0.3 is 0 Å². The molecule has 0 heterocycles. The van der Waals surface area contributed by atoms with Gasteiger partial charge in [0.2, 0.25) is 0 Å². The summed E-state index contributed by atoms with van der Waals surface area (Å²) in [5.41, 5.74) is 1.28. The second kappa shape index (κ2) is 5.90. The van der Waals surface area contributed by atoms with Gasteiger partial charge in [-0.05, 0) is 44.0 Å². The summed E-state index contributed by atoms with van der Waals surface area (Å²) in [4.78, 5) is 0. The van der Waals surface area contributed by atoms with E-state index in [1.807, 2.05) is 12.1 Å². The zero-order valence-corrected chi connectivity index (χ0v) is 11.6. The molecule has 1 nitrogen and oxygen atoms in total. The molecule has 0 aliphatic heterocycles. The van der Waals surface area contributed by atoms with Gasteiger partial charge in [0.15, 0.2) is 0 Å². The van der Waals surface area contributed by atoms with Crippen molar-refractivity contribution in [2.75, 3.05) is 0 Å². The van der Waals surface area contributed by atoms with Crippen LogP contribution in [0.5, 0.6) is 0 Å². The van der Waals surface area contributed by atoms with Crippen LogP contribution in [0.25, 0.3) is 0 Å². The maximum absolute atomic E-state index is 5.95. The second-order valence-corrected chi connectivity index (χ2v) is 5.64. The Kier molecular flexibility index (Phi) is 5.10. The highest BCUT2D eigenvalue weighted by Gasteiger charge is 2.15. The van der Waals surface area contributed by atoms with E-state index in [0.29, 0.717) is 10.0 Å². The van der Waals surface area contributed by atoms with E-state index in [0.717, 1.165) is 18.5 Å². The van der Waals surface area contributed by atoms with Crippen LogP contribution in [0.1, 0.15) is 39.2 Å². The van der Waals surface area contributed by atoms with Gasteiger partial charge in [0, 0.05) is 22.1 Å². The second-order valence-electron chi connectivity index (χ2n) is 4.77. The minimum Gasteiger partial charge on any atom is -0.308 e. The zero-order valence-electron chi connectivity index (χ0n) is 10.1. The Hall–Kier alpha value is -0.240. The fraction of sp³-hybridized carbons (Fsp3) is 0.538. The smallest absolute Gasteiger partial charge is 0.0424 e. The first kappa shape index (κ1) is 13.8. The lowest BCUT2D eigenvalue weighted by Gasteiger charge is -2.26. The van der Waals surface area contributed by atoms with Gasteiger partial charge in [-0.25, -0.2) is 0 Å². The molecule has 1 aromatic rings. The molecule has 3 heteroatoms. The molecule has 16 heavy (non-hydrogen) atoms. The largest absolute Gasteiger partial charge is 0.308 e. The summed E-state index contributed by atoms with van der Waals surface area (Å²) in [6, 6.07) is 5.65. The molecule has 0 bridgehead atoms. The molecule has 0 aliphatic carbocycles. The summed E-state index contributed by atoms with van der Waals surface area (Å²) in [5.74, 6) is 0. The summed E-state index contributed by atoms with van der Waals surface area (Å²) < 4.78 is 0. The monoisotopic (exact) mass is 259 g/mol. The van der Waals surface area contributed by atoms with E-state index in [2.05, 4.69) is 26.1 Å². The van der Waals surface area contributed by atoms with Crippen molar-refractivity contribution < 1.29 is 0 Å². The summed E-state index contributed by atoms with van der Waals surface area (Å²) in [6.45, 7) is 7.41. The van der Waals surface area contributed by atoms with Crippen LogP contribution in [-0.4, -0.2) is 5.54 Å². The molecule has 0 aliphatic rings. The van der Waals surface area contributed by atoms with Gasteiger partial charge in [0.25, 0.3) is 0 Å². The molecule has 0 saturated heterocycles. The summed E-state index contributed by atoms with van der Waals surface area (Å²) in [5, 5.41) is 4.90. The van der Waals surface area contributed by atoms with Crippen LogP contribution in [0.4, 0.5) is 0 Å². The lowest BCUT2D eigenvalue weighted by atomic mass is 9.98. The molecule has 0 atom stereocenters. The van der Waals surface area contributed by atoms with E-state index in [4.69, 9.17) is 23.2 Å². The quantitative estimate of drug-likeness (QED) is 0.811. The average molecular weight is 260 g/mol. The van der Waals surface area contributed by atoms with Crippen LogP contribution >= 0.6 is 23.2 Å². The molecule has 1 N–H and O–H groups in total. The predicted molar refractivity (Wildman–Crippen MR) is 72.3 cm³/mol. The van der Waals surface area contributed by atoms with Crippen molar-refractivity contribution in [2.24, 2.45) is 0 Å². The number of hydrogen-bond donors (Lipinski definition) is 1. The van der Waals surface area contributed by atoms with Crippen LogP contribution in [0.15, 0.2) is 18.2 Å². The van der Waals surface area contributed by atoms with Crippen LogP contribution in [0.2, 0.25) is 10.0 Å². The Morgan fingerprint density at radius 3 is 2.19 bits per heavy atom. The van der Waals surface area contributed by atoms with Crippen molar-refractivity contribution in [1.29, 1.82) is 0 Å². The Morgan fingerprint density at radius 2 is 1.69 bits per heavy atom. The average Bonchev–Trinajstić information content (AvgIpc) is 2.13. The highest BCUT2D eigenvalue weighted by Crippen LogP contribution is 2.20. The van der Waals surface area contributed by atoms with Crippen molar-refractivity contribution in [3.63, 3.8) is 0 Å². The normalized spacial score (nSPS) is 11.8. The Morgan fingerprint density at radius 1 is 1.12 bits per heavy atom. The van der Waals surface area contributed by atoms with Crippen LogP contribution in [0.3, 0.4) is 0 Å². The highest BCUT2D eigenvalue weighted by molar-refractivity contribution is 6.34. The highest BCUT2D eigenvalue weighted by atomic mass is 35.5. The van der Waals surface area contributed by atoms with E-state index in [1.165, 1.54) is 6.42 Å². The van der Waals surface area contributed by atoms with E-state index in [9.17, 15) is 0 Å². The predicted octanol–water partition coefficient (Wildman–Crippen LogP) is 4.66. The molecule has 1 aromatic carbocycles. The van der Waals surface area contributed by atoms with Crippen molar-refractivity contribution >= 4 is 23.2 Å². The van der Waals surface area contributed by atoms with E-state index in [1.54, 1.807) is 6.07 Å². The summed E-state index contributed by atoms with van der Waals surface area (Å²) >= 11 is 11.9. The molecular weight excluding hydrogens is 241 g/mol. The van der Waals surface area contributed by atoms with Crippen molar-refractivity contribution in [3.8, 4) is 0 Å². The van der Waals surface area contributed by atoms with E-state index < -0.39 is 0 Å². The molecule has 0 amide bonds. The molecule has 0 spiro atoms. The fourth-order valence-corrected chi connectivity index (χ4v) is 2.34. The third-order valence-electron chi connectivity index (χ3n) is 2.57. The molecule has 0 fully saturated rings. The molecule has 0 radical (unpaired) electrons. The first-order chi connectivity index (χ1) is 7.43. The number of nitrogens with one attached hydrogen (secondary N) is 1. The number of benzene rings is 1. The molecule has 0 unspecified atom stereocenters. The SMILES string of the molecule is CCCC(C)(C)NCc1cc(Cl)cc(Cl)c1. The van der Waals surface area contributed by atoms with E-state index >= 15 is 0 Å². The maximum atomic E-state index is 5.95. The molecule has 0 saturated carbocycles. The maximum Gasteiger partial charge on any atom is 0.0424 e. The van der Waals surface area contributed by atoms with Gasteiger partial charge in [-0.1, -0.05) is 36.5 Å². The minimum atomic E-state index is 0.156. The fourth-order valence-electron chi connectivity index (χ4n) is 1.77. The van der Waals surface area contributed by atoms with Crippen LogP contribution < -0.4 is 5.32 Å². The number of halogens is 2. The molecule has 0 aromatic heterocycles. The molecule has 90 valence electrons. The lowest BCUT2D eigenvalue weighted by molar-refractivity contribution is 0.357. The first-order valence-electron chi connectivity index (χ1n) is 5.63. The van der Waals surface area contributed by atoms with Crippen molar-refractivity contribution in [1.82, 2.24) is 5.32 Å². The third-order valence-corrected chi connectivity index (χ3v) is 3.00.